The number of ether oxygens (including phenoxy) is 1. The summed E-state index contributed by atoms with van der Waals surface area (Å²) in [7, 11) is -1.91. The Labute approximate surface area is 135 Å². The second kappa shape index (κ2) is 9.53. The van der Waals surface area contributed by atoms with E-state index in [1.54, 1.807) is 19.2 Å². The van der Waals surface area contributed by atoms with E-state index in [9.17, 15) is 8.42 Å². The normalized spacial score (nSPS) is 11.8. The van der Waals surface area contributed by atoms with Gasteiger partial charge >= 0.3 is 0 Å². The van der Waals surface area contributed by atoms with Crippen molar-refractivity contribution in [2.45, 2.75) is 31.2 Å². The van der Waals surface area contributed by atoms with Crippen LogP contribution in [0.15, 0.2) is 27.6 Å². The van der Waals surface area contributed by atoms with Crippen molar-refractivity contribution in [1.29, 1.82) is 0 Å². The molecule has 0 heterocycles. The van der Waals surface area contributed by atoms with E-state index in [-0.39, 0.29) is 4.90 Å². The molecule has 1 aromatic rings. The van der Waals surface area contributed by atoms with Crippen molar-refractivity contribution >= 4 is 26.0 Å². The minimum atomic E-state index is -3.50. The molecule has 0 aliphatic rings. The van der Waals surface area contributed by atoms with Gasteiger partial charge in [-0.15, -0.1) is 0 Å². The number of sulfonamides is 1. The lowest BCUT2D eigenvalue weighted by Crippen LogP contribution is -2.26. The lowest BCUT2D eigenvalue weighted by molar-refractivity contribution is 0.196. The molecule has 0 aromatic heterocycles. The lowest BCUT2D eigenvalue weighted by atomic mass is 10.2. The van der Waals surface area contributed by atoms with E-state index in [2.05, 4.69) is 32.9 Å². The van der Waals surface area contributed by atoms with Gasteiger partial charge in [-0.05, 0) is 53.0 Å². The molecule has 5 nitrogen and oxygen atoms in total. The van der Waals surface area contributed by atoms with Gasteiger partial charge in [0.05, 0.1) is 4.90 Å². The standard InChI is InChI=1S/C14H23BrN2O3S/c1-3-7-16-11-12-5-6-13(15)14(10-12)21(18,19)17-8-4-9-20-2/h5-6,10,16-17H,3-4,7-9,11H2,1-2H3. The fourth-order valence-electron chi connectivity index (χ4n) is 1.77. The summed E-state index contributed by atoms with van der Waals surface area (Å²) in [6.07, 6.45) is 1.69. The molecule has 0 unspecified atom stereocenters. The third-order valence-electron chi connectivity index (χ3n) is 2.86. The highest BCUT2D eigenvalue weighted by Crippen LogP contribution is 2.23. The van der Waals surface area contributed by atoms with Crippen LogP contribution in [0.1, 0.15) is 25.3 Å². The molecule has 0 spiro atoms. The molecule has 7 heteroatoms. The van der Waals surface area contributed by atoms with E-state index < -0.39 is 10.0 Å². The number of halogens is 1. The minimum absolute atomic E-state index is 0.274. The predicted molar refractivity (Wildman–Crippen MR) is 87.8 cm³/mol. The van der Waals surface area contributed by atoms with Gasteiger partial charge in [0.2, 0.25) is 10.0 Å². The first-order chi connectivity index (χ1) is 10.0. The molecule has 0 bridgehead atoms. The van der Waals surface area contributed by atoms with Crippen LogP contribution in [0.4, 0.5) is 0 Å². The van der Waals surface area contributed by atoms with Gasteiger partial charge < -0.3 is 10.1 Å². The van der Waals surface area contributed by atoms with Crippen LogP contribution in [0, 0.1) is 0 Å². The molecular formula is C14H23BrN2O3S. The van der Waals surface area contributed by atoms with Crippen LogP contribution in [-0.2, 0) is 21.3 Å². The third-order valence-corrected chi connectivity index (χ3v) is 5.31. The van der Waals surface area contributed by atoms with Crippen molar-refractivity contribution in [1.82, 2.24) is 10.0 Å². The molecule has 0 fully saturated rings. The summed E-state index contributed by atoms with van der Waals surface area (Å²) >= 11 is 3.31. The Morgan fingerprint density at radius 1 is 1.29 bits per heavy atom. The molecule has 0 aliphatic heterocycles. The van der Waals surface area contributed by atoms with Gasteiger partial charge in [-0.2, -0.15) is 0 Å². The lowest BCUT2D eigenvalue weighted by Gasteiger charge is -2.11. The van der Waals surface area contributed by atoms with Crippen LogP contribution >= 0.6 is 15.9 Å². The van der Waals surface area contributed by atoms with Crippen LogP contribution in [0.25, 0.3) is 0 Å². The van der Waals surface area contributed by atoms with Gasteiger partial charge in [0.15, 0.2) is 0 Å². The van der Waals surface area contributed by atoms with Gasteiger partial charge in [0.25, 0.3) is 0 Å². The molecule has 1 aromatic carbocycles. The van der Waals surface area contributed by atoms with Crippen LogP contribution in [-0.4, -0.2) is 35.2 Å². The summed E-state index contributed by atoms with van der Waals surface area (Å²) in [5.74, 6) is 0. The second-order valence-corrected chi connectivity index (χ2v) is 7.28. The summed E-state index contributed by atoms with van der Waals surface area (Å²) in [5, 5.41) is 3.26. The maximum atomic E-state index is 12.3. The monoisotopic (exact) mass is 378 g/mol. The molecule has 120 valence electrons. The van der Waals surface area contributed by atoms with Gasteiger partial charge in [-0.3, -0.25) is 0 Å². The van der Waals surface area contributed by atoms with Crippen LogP contribution in [0.2, 0.25) is 0 Å². The Hall–Kier alpha value is -0.470. The maximum Gasteiger partial charge on any atom is 0.241 e. The first kappa shape index (κ1) is 18.6. The van der Waals surface area contributed by atoms with Gasteiger partial charge in [0, 0.05) is 31.3 Å². The molecule has 1 rings (SSSR count). The molecule has 0 saturated heterocycles. The van der Waals surface area contributed by atoms with Crippen molar-refractivity contribution in [2.75, 3.05) is 26.8 Å². The van der Waals surface area contributed by atoms with Gasteiger partial charge in [0.1, 0.15) is 0 Å². The highest BCUT2D eigenvalue weighted by molar-refractivity contribution is 9.10. The third kappa shape index (κ3) is 6.44. The van der Waals surface area contributed by atoms with Crippen molar-refractivity contribution in [2.24, 2.45) is 0 Å². The van der Waals surface area contributed by atoms with E-state index >= 15 is 0 Å². The number of rotatable bonds is 10. The summed E-state index contributed by atoms with van der Waals surface area (Å²) in [5.41, 5.74) is 0.948. The zero-order valence-electron chi connectivity index (χ0n) is 12.5. The molecule has 0 radical (unpaired) electrons. The number of benzene rings is 1. The quantitative estimate of drug-likeness (QED) is 0.612. The molecule has 0 amide bonds. The Balaban J connectivity index is 2.77. The molecule has 0 aliphatic carbocycles. The van der Waals surface area contributed by atoms with Crippen molar-refractivity contribution < 1.29 is 13.2 Å². The molecule has 21 heavy (non-hydrogen) atoms. The van der Waals surface area contributed by atoms with E-state index in [0.717, 1.165) is 18.5 Å². The summed E-state index contributed by atoms with van der Waals surface area (Å²) in [4.78, 5) is 0.274. The number of hydrogen-bond acceptors (Lipinski definition) is 4. The maximum absolute atomic E-state index is 12.3. The summed E-state index contributed by atoms with van der Waals surface area (Å²) in [6, 6.07) is 5.38. The van der Waals surface area contributed by atoms with Crippen molar-refractivity contribution in [3.05, 3.63) is 28.2 Å². The molecule has 0 saturated carbocycles. The first-order valence-corrected chi connectivity index (χ1v) is 9.26. The van der Waals surface area contributed by atoms with E-state index in [0.29, 0.717) is 30.6 Å². The second-order valence-electron chi connectivity index (χ2n) is 4.69. The van der Waals surface area contributed by atoms with Gasteiger partial charge in [-0.25, -0.2) is 13.1 Å². The Bertz CT molecular complexity index is 535. The highest BCUT2D eigenvalue weighted by Gasteiger charge is 2.17. The zero-order valence-corrected chi connectivity index (χ0v) is 14.9. The van der Waals surface area contributed by atoms with Crippen molar-refractivity contribution in [3.8, 4) is 0 Å². The Morgan fingerprint density at radius 3 is 2.71 bits per heavy atom. The van der Waals surface area contributed by atoms with Crippen molar-refractivity contribution in [3.63, 3.8) is 0 Å². The van der Waals surface area contributed by atoms with E-state index in [4.69, 9.17) is 4.74 Å². The average Bonchev–Trinajstić information content (AvgIpc) is 2.45. The zero-order chi connectivity index (χ0) is 15.7. The van der Waals surface area contributed by atoms with Crippen LogP contribution in [0.5, 0.6) is 0 Å². The molecular weight excluding hydrogens is 356 g/mol. The van der Waals surface area contributed by atoms with Crippen LogP contribution in [0.3, 0.4) is 0 Å². The number of hydrogen-bond donors (Lipinski definition) is 2. The number of nitrogens with one attached hydrogen (secondary N) is 2. The SMILES string of the molecule is CCCNCc1ccc(Br)c(S(=O)(=O)NCCCOC)c1. The smallest absolute Gasteiger partial charge is 0.241 e. The largest absolute Gasteiger partial charge is 0.385 e. The predicted octanol–water partition coefficient (Wildman–Crippen LogP) is 2.26. The molecule has 2 N–H and O–H groups in total. The highest BCUT2D eigenvalue weighted by atomic mass is 79.9. The topological polar surface area (TPSA) is 67.4 Å². The Kier molecular flexibility index (Phi) is 8.43. The fourth-order valence-corrected chi connectivity index (χ4v) is 3.86. The molecule has 0 atom stereocenters. The summed E-state index contributed by atoms with van der Waals surface area (Å²) < 4.78 is 32.7. The summed E-state index contributed by atoms with van der Waals surface area (Å²) in [6.45, 7) is 4.56. The average molecular weight is 379 g/mol. The fraction of sp³-hybridized carbons (Fsp3) is 0.571. The minimum Gasteiger partial charge on any atom is -0.385 e. The van der Waals surface area contributed by atoms with Gasteiger partial charge in [-0.1, -0.05) is 13.0 Å². The number of methoxy groups -OCH3 is 1. The van der Waals surface area contributed by atoms with E-state index in [1.807, 2.05) is 6.07 Å². The van der Waals surface area contributed by atoms with E-state index in [1.165, 1.54) is 0 Å². The van der Waals surface area contributed by atoms with Crippen LogP contribution < -0.4 is 10.0 Å². The first-order valence-electron chi connectivity index (χ1n) is 6.99. The Morgan fingerprint density at radius 2 is 2.05 bits per heavy atom.